The lowest BCUT2D eigenvalue weighted by Gasteiger charge is -2.18. The first-order valence-electron chi connectivity index (χ1n) is 9.62. The van der Waals surface area contributed by atoms with Gasteiger partial charge in [-0.05, 0) is 53.3 Å². The molecule has 29 heavy (non-hydrogen) atoms. The lowest BCUT2D eigenvalue weighted by molar-refractivity contribution is -0.115. The van der Waals surface area contributed by atoms with Crippen molar-refractivity contribution in [2.45, 2.75) is 25.8 Å². The largest absolute Gasteiger partial charge is 0.366 e. The number of hydrogen-bond acceptors (Lipinski definition) is 4. The van der Waals surface area contributed by atoms with E-state index in [2.05, 4.69) is 47.9 Å². The number of nitrogens with two attached hydrogens (primary N) is 1. The molecule has 0 radical (unpaired) electrons. The highest BCUT2D eigenvalue weighted by molar-refractivity contribution is 7.10. The Morgan fingerprint density at radius 3 is 2.34 bits per heavy atom. The van der Waals surface area contributed by atoms with Crippen LogP contribution in [-0.2, 0) is 11.2 Å². The van der Waals surface area contributed by atoms with Crippen molar-refractivity contribution in [1.29, 1.82) is 0 Å². The first-order chi connectivity index (χ1) is 14.1. The predicted molar refractivity (Wildman–Crippen MR) is 118 cm³/mol. The zero-order chi connectivity index (χ0) is 20.6. The summed E-state index contributed by atoms with van der Waals surface area (Å²) >= 11 is 1.66. The number of benzene rings is 2. The zero-order valence-electron chi connectivity index (χ0n) is 16.4. The van der Waals surface area contributed by atoms with E-state index in [9.17, 15) is 9.59 Å². The molecule has 0 saturated carbocycles. The van der Waals surface area contributed by atoms with E-state index in [0.717, 1.165) is 23.3 Å². The number of nitrogens with one attached hydrogen (secondary N) is 2. The minimum Gasteiger partial charge on any atom is -0.366 e. The Morgan fingerprint density at radius 2 is 1.76 bits per heavy atom. The predicted octanol–water partition coefficient (Wildman–Crippen LogP) is 4.12. The highest BCUT2D eigenvalue weighted by Crippen LogP contribution is 2.26. The molecule has 0 aliphatic carbocycles. The van der Waals surface area contributed by atoms with Crippen molar-refractivity contribution in [3.63, 3.8) is 0 Å². The summed E-state index contributed by atoms with van der Waals surface area (Å²) < 4.78 is 0. The average Bonchev–Trinajstić information content (AvgIpc) is 3.24. The SMILES string of the molecule is CCCc1ccc([C@H](NCC(=O)Nc2ccc(C(N)=O)cc2)c2cccs2)cc1. The van der Waals surface area contributed by atoms with Gasteiger partial charge < -0.3 is 11.1 Å². The summed E-state index contributed by atoms with van der Waals surface area (Å²) in [6.07, 6.45) is 2.18. The Balaban J connectivity index is 1.65. The van der Waals surface area contributed by atoms with Crippen LogP contribution >= 0.6 is 11.3 Å². The lowest BCUT2D eigenvalue weighted by Crippen LogP contribution is -2.31. The number of aryl methyl sites for hydroxylation is 1. The molecule has 5 nitrogen and oxygen atoms in total. The van der Waals surface area contributed by atoms with Crippen LogP contribution in [0.2, 0.25) is 0 Å². The average molecular weight is 408 g/mol. The fourth-order valence-corrected chi connectivity index (χ4v) is 3.95. The van der Waals surface area contributed by atoms with Gasteiger partial charge in [-0.1, -0.05) is 43.7 Å². The zero-order valence-corrected chi connectivity index (χ0v) is 17.2. The van der Waals surface area contributed by atoms with Gasteiger partial charge >= 0.3 is 0 Å². The van der Waals surface area contributed by atoms with Gasteiger partial charge in [0.2, 0.25) is 11.8 Å². The second kappa shape index (κ2) is 10.0. The fourth-order valence-electron chi connectivity index (χ4n) is 3.12. The Hall–Kier alpha value is -2.96. The number of hydrogen-bond donors (Lipinski definition) is 3. The molecule has 1 atom stereocenters. The van der Waals surface area contributed by atoms with E-state index in [0.29, 0.717) is 11.3 Å². The summed E-state index contributed by atoms with van der Waals surface area (Å²) in [7, 11) is 0. The summed E-state index contributed by atoms with van der Waals surface area (Å²) in [5, 5.41) is 8.24. The Labute approximate surface area is 175 Å². The van der Waals surface area contributed by atoms with Gasteiger partial charge in [-0.15, -0.1) is 11.3 Å². The van der Waals surface area contributed by atoms with E-state index in [1.807, 2.05) is 11.4 Å². The Morgan fingerprint density at radius 1 is 1.03 bits per heavy atom. The molecule has 2 amide bonds. The van der Waals surface area contributed by atoms with Crippen LogP contribution in [0.4, 0.5) is 5.69 Å². The maximum absolute atomic E-state index is 12.4. The van der Waals surface area contributed by atoms with Gasteiger partial charge in [0.25, 0.3) is 0 Å². The fraction of sp³-hybridized carbons (Fsp3) is 0.217. The van der Waals surface area contributed by atoms with E-state index in [4.69, 9.17) is 5.73 Å². The van der Waals surface area contributed by atoms with Crippen molar-refractivity contribution in [3.05, 3.63) is 87.6 Å². The summed E-state index contributed by atoms with van der Waals surface area (Å²) in [6, 6.07) is 19.1. The molecule has 1 heterocycles. The highest BCUT2D eigenvalue weighted by Gasteiger charge is 2.16. The van der Waals surface area contributed by atoms with Gasteiger partial charge in [-0.2, -0.15) is 0 Å². The quantitative estimate of drug-likeness (QED) is 0.499. The number of amides is 2. The van der Waals surface area contributed by atoms with E-state index in [-0.39, 0.29) is 18.5 Å². The minimum absolute atomic E-state index is 0.0475. The molecular weight excluding hydrogens is 382 g/mol. The van der Waals surface area contributed by atoms with Crippen molar-refractivity contribution in [2.75, 3.05) is 11.9 Å². The van der Waals surface area contributed by atoms with Crippen LogP contribution < -0.4 is 16.4 Å². The van der Waals surface area contributed by atoms with Gasteiger partial charge in [0.1, 0.15) is 0 Å². The molecule has 6 heteroatoms. The van der Waals surface area contributed by atoms with Gasteiger partial charge in [0.05, 0.1) is 12.6 Å². The van der Waals surface area contributed by atoms with Crippen molar-refractivity contribution >= 4 is 28.8 Å². The van der Waals surface area contributed by atoms with Crippen LogP contribution in [0.15, 0.2) is 66.0 Å². The molecule has 3 aromatic rings. The van der Waals surface area contributed by atoms with Crippen LogP contribution in [0.1, 0.15) is 45.7 Å². The van der Waals surface area contributed by atoms with Gasteiger partial charge in [-0.3, -0.25) is 14.9 Å². The van der Waals surface area contributed by atoms with Crippen LogP contribution in [0.25, 0.3) is 0 Å². The molecule has 1 aromatic heterocycles. The van der Waals surface area contributed by atoms with E-state index in [1.165, 1.54) is 5.56 Å². The number of primary amides is 1. The Bertz CT molecular complexity index is 935. The smallest absolute Gasteiger partial charge is 0.248 e. The molecule has 0 bridgehead atoms. The Kier molecular flexibility index (Phi) is 7.16. The number of thiophene rings is 1. The summed E-state index contributed by atoms with van der Waals surface area (Å²) in [6.45, 7) is 2.33. The highest BCUT2D eigenvalue weighted by atomic mass is 32.1. The van der Waals surface area contributed by atoms with Crippen molar-refractivity contribution in [1.82, 2.24) is 5.32 Å². The van der Waals surface area contributed by atoms with Crippen LogP contribution in [0, 0.1) is 0 Å². The third-order valence-corrected chi connectivity index (χ3v) is 5.54. The maximum Gasteiger partial charge on any atom is 0.248 e. The number of anilines is 1. The summed E-state index contributed by atoms with van der Waals surface area (Å²) in [4.78, 5) is 24.7. The molecule has 0 fully saturated rings. The first kappa shape index (κ1) is 20.8. The lowest BCUT2D eigenvalue weighted by atomic mass is 10.0. The third-order valence-electron chi connectivity index (χ3n) is 4.60. The van der Waals surface area contributed by atoms with Gasteiger partial charge in [0, 0.05) is 16.1 Å². The molecule has 3 rings (SSSR count). The molecule has 0 unspecified atom stereocenters. The van der Waals surface area contributed by atoms with Crippen molar-refractivity contribution < 1.29 is 9.59 Å². The van der Waals surface area contributed by atoms with E-state index >= 15 is 0 Å². The van der Waals surface area contributed by atoms with Crippen molar-refractivity contribution in [3.8, 4) is 0 Å². The van der Waals surface area contributed by atoms with Crippen LogP contribution in [0.3, 0.4) is 0 Å². The monoisotopic (exact) mass is 407 g/mol. The molecule has 0 spiro atoms. The normalized spacial score (nSPS) is 11.8. The molecule has 0 saturated heterocycles. The number of carbonyl (C=O) groups excluding carboxylic acids is 2. The molecule has 2 aromatic carbocycles. The first-order valence-corrected chi connectivity index (χ1v) is 10.5. The second-order valence-corrected chi connectivity index (χ2v) is 7.79. The number of rotatable bonds is 9. The van der Waals surface area contributed by atoms with E-state index < -0.39 is 5.91 Å². The second-order valence-electron chi connectivity index (χ2n) is 6.81. The van der Waals surface area contributed by atoms with Crippen LogP contribution in [-0.4, -0.2) is 18.4 Å². The van der Waals surface area contributed by atoms with E-state index in [1.54, 1.807) is 35.6 Å². The molecule has 0 aliphatic rings. The minimum atomic E-state index is -0.492. The molecule has 150 valence electrons. The maximum atomic E-state index is 12.4. The number of carbonyl (C=O) groups is 2. The van der Waals surface area contributed by atoms with Gasteiger partial charge in [0.15, 0.2) is 0 Å². The summed E-state index contributed by atoms with van der Waals surface area (Å²) in [5.74, 6) is -0.644. The van der Waals surface area contributed by atoms with Crippen LogP contribution in [0.5, 0.6) is 0 Å². The summed E-state index contributed by atoms with van der Waals surface area (Å²) in [5.41, 5.74) is 8.72. The molecule has 0 aliphatic heterocycles. The molecule has 4 N–H and O–H groups in total. The van der Waals surface area contributed by atoms with Crippen molar-refractivity contribution in [2.24, 2.45) is 5.73 Å². The third kappa shape index (κ3) is 5.76. The van der Waals surface area contributed by atoms with Gasteiger partial charge in [-0.25, -0.2) is 0 Å². The standard InChI is InChI=1S/C23H25N3O2S/c1-2-4-16-6-8-17(9-7-16)22(20-5-3-14-29-20)25-15-21(27)26-19-12-10-18(11-13-19)23(24)28/h3,5-14,22,25H,2,4,15H2,1H3,(H2,24,28)(H,26,27)/t22-/m0/s1. The topological polar surface area (TPSA) is 84.2 Å². The molecular formula is C23H25N3O2S.